The van der Waals surface area contributed by atoms with E-state index in [0.29, 0.717) is 13.0 Å². The van der Waals surface area contributed by atoms with Gasteiger partial charge in [0.05, 0.1) is 6.61 Å². The maximum atomic E-state index is 10.9. The van der Waals surface area contributed by atoms with E-state index in [0.717, 1.165) is 44.3 Å². The van der Waals surface area contributed by atoms with Crippen LogP contribution in [-0.4, -0.2) is 34.7 Å². The number of rotatable bonds is 15. The third-order valence-electron chi connectivity index (χ3n) is 3.60. The lowest BCUT2D eigenvalue weighted by Gasteiger charge is -2.01. The van der Waals surface area contributed by atoms with Crippen molar-refractivity contribution >= 4 is 17.9 Å². The first-order valence-electron chi connectivity index (χ1n) is 9.73. The molecule has 0 saturated heterocycles. The number of hydrogen-bond acceptors (Lipinski definition) is 4. The van der Waals surface area contributed by atoms with Crippen LogP contribution in [0.4, 0.5) is 0 Å². The normalized spacial score (nSPS) is 10.2. The first-order valence-corrected chi connectivity index (χ1v) is 9.73. The predicted molar refractivity (Wildman–Crippen MR) is 102 cm³/mol. The minimum absolute atomic E-state index is 0.337. The number of unbranched alkanes of at least 4 members (excludes halogenated alkanes) is 9. The Morgan fingerprint density at radius 2 is 1.23 bits per heavy atom. The van der Waals surface area contributed by atoms with Crippen LogP contribution in [0.5, 0.6) is 0 Å². The van der Waals surface area contributed by atoms with Crippen molar-refractivity contribution in [1.29, 1.82) is 0 Å². The molecule has 0 aliphatic heterocycles. The fraction of sp³-hybridized carbons (Fsp3) is 0.750. The van der Waals surface area contributed by atoms with Crippen molar-refractivity contribution < 1.29 is 29.3 Å². The summed E-state index contributed by atoms with van der Waals surface area (Å²) in [4.78, 5) is 31.0. The zero-order chi connectivity index (χ0) is 20.0. The molecular weight excluding hydrogens is 336 g/mol. The van der Waals surface area contributed by atoms with E-state index in [4.69, 9.17) is 14.9 Å². The van der Waals surface area contributed by atoms with Gasteiger partial charge in [-0.3, -0.25) is 4.79 Å². The van der Waals surface area contributed by atoms with E-state index in [1.165, 1.54) is 38.5 Å². The monoisotopic (exact) mass is 372 g/mol. The van der Waals surface area contributed by atoms with E-state index in [2.05, 4.69) is 13.8 Å². The van der Waals surface area contributed by atoms with Gasteiger partial charge >= 0.3 is 17.9 Å². The molecule has 0 amide bonds. The van der Waals surface area contributed by atoms with Crippen molar-refractivity contribution in [2.45, 2.75) is 90.9 Å². The minimum atomic E-state index is -1.14. The SMILES string of the molecule is CCCCCCCC(=O)O.CCCCCCCCOC(=O)/C=C\C(=O)O. The number of carbonyl (C=O) groups is 3. The summed E-state index contributed by atoms with van der Waals surface area (Å²) in [6.07, 6.45) is 14.3. The molecule has 0 aromatic heterocycles. The highest BCUT2D eigenvalue weighted by Crippen LogP contribution is 2.05. The van der Waals surface area contributed by atoms with Crippen LogP contribution in [-0.2, 0) is 19.1 Å². The zero-order valence-corrected chi connectivity index (χ0v) is 16.4. The fourth-order valence-corrected chi connectivity index (χ4v) is 2.12. The zero-order valence-electron chi connectivity index (χ0n) is 16.4. The van der Waals surface area contributed by atoms with Gasteiger partial charge in [0.25, 0.3) is 0 Å². The standard InChI is InChI=1S/C12H20O4.C8H16O2/c1-2-3-4-5-6-7-10-16-12(15)9-8-11(13)14;1-2-3-4-5-6-7-8(9)10/h8-9H,2-7,10H2,1H3,(H,13,14);2-7H2,1H3,(H,9,10)/b9-8-;. The van der Waals surface area contributed by atoms with Gasteiger partial charge in [-0.1, -0.05) is 71.6 Å². The molecule has 0 rings (SSSR count). The molecule has 6 heteroatoms. The number of carboxylic acid groups (broad SMARTS) is 2. The molecule has 0 aromatic rings. The number of aliphatic carboxylic acids is 2. The number of ether oxygens (including phenoxy) is 1. The second-order valence-corrected chi connectivity index (χ2v) is 6.16. The van der Waals surface area contributed by atoms with Gasteiger partial charge in [0.15, 0.2) is 0 Å². The van der Waals surface area contributed by atoms with Gasteiger partial charge in [-0.2, -0.15) is 0 Å². The number of carboxylic acids is 2. The van der Waals surface area contributed by atoms with Crippen LogP contribution in [0.1, 0.15) is 90.9 Å². The van der Waals surface area contributed by atoms with Crippen molar-refractivity contribution in [2.24, 2.45) is 0 Å². The summed E-state index contributed by atoms with van der Waals surface area (Å²) >= 11 is 0. The quantitative estimate of drug-likeness (QED) is 0.239. The second-order valence-electron chi connectivity index (χ2n) is 6.16. The van der Waals surface area contributed by atoms with Crippen LogP contribution in [0, 0.1) is 0 Å². The van der Waals surface area contributed by atoms with Crippen LogP contribution in [0.15, 0.2) is 12.2 Å². The molecule has 0 radical (unpaired) electrons. The van der Waals surface area contributed by atoms with Crippen LogP contribution in [0.25, 0.3) is 0 Å². The second kappa shape index (κ2) is 21.2. The van der Waals surface area contributed by atoms with E-state index in [1.54, 1.807) is 0 Å². The summed E-state index contributed by atoms with van der Waals surface area (Å²) in [7, 11) is 0. The lowest BCUT2D eigenvalue weighted by Crippen LogP contribution is -2.03. The molecule has 0 bridgehead atoms. The Kier molecular flexibility index (Phi) is 21.5. The lowest BCUT2D eigenvalue weighted by atomic mass is 10.1. The lowest BCUT2D eigenvalue weighted by molar-refractivity contribution is -0.139. The van der Waals surface area contributed by atoms with Crippen molar-refractivity contribution in [3.05, 3.63) is 12.2 Å². The molecule has 0 heterocycles. The Bertz CT molecular complexity index is 390. The van der Waals surface area contributed by atoms with Crippen molar-refractivity contribution in [3.63, 3.8) is 0 Å². The molecule has 0 aliphatic carbocycles. The smallest absolute Gasteiger partial charge is 0.331 e. The summed E-state index contributed by atoms with van der Waals surface area (Å²) in [6.45, 7) is 4.68. The van der Waals surface area contributed by atoms with E-state index >= 15 is 0 Å². The van der Waals surface area contributed by atoms with Crippen LogP contribution >= 0.6 is 0 Å². The molecular formula is C20H36O6. The Labute approximate surface area is 157 Å². The first-order chi connectivity index (χ1) is 12.4. The molecule has 0 fully saturated rings. The van der Waals surface area contributed by atoms with Gasteiger partial charge in [-0.05, 0) is 12.8 Å². The minimum Gasteiger partial charge on any atom is -0.481 e. The Balaban J connectivity index is 0. The highest BCUT2D eigenvalue weighted by atomic mass is 16.5. The molecule has 0 atom stereocenters. The van der Waals surface area contributed by atoms with Crippen LogP contribution < -0.4 is 0 Å². The van der Waals surface area contributed by atoms with Crippen LogP contribution in [0.2, 0.25) is 0 Å². The van der Waals surface area contributed by atoms with Gasteiger partial charge in [0.2, 0.25) is 0 Å². The molecule has 0 aliphatic rings. The molecule has 6 nitrogen and oxygen atoms in total. The van der Waals surface area contributed by atoms with E-state index in [9.17, 15) is 14.4 Å². The number of carbonyl (C=O) groups excluding carboxylic acids is 1. The highest BCUT2D eigenvalue weighted by molar-refractivity contribution is 5.90. The van der Waals surface area contributed by atoms with E-state index in [1.807, 2.05) is 0 Å². The van der Waals surface area contributed by atoms with Gasteiger partial charge in [0, 0.05) is 18.6 Å². The predicted octanol–water partition coefficient (Wildman–Crippen LogP) is 4.96. The van der Waals surface area contributed by atoms with Crippen molar-refractivity contribution in [3.8, 4) is 0 Å². The molecule has 0 aromatic carbocycles. The summed E-state index contributed by atoms with van der Waals surface area (Å²) in [5.74, 6) is -2.40. The molecule has 2 N–H and O–H groups in total. The van der Waals surface area contributed by atoms with E-state index < -0.39 is 17.9 Å². The number of esters is 1. The average Bonchev–Trinajstić information content (AvgIpc) is 2.59. The number of hydrogen-bond donors (Lipinski definition) is 2. The third-order valence-corrected chi connectivity index (χ3v) is 3.60. The summed E-state index contributed by atoms with van der Waals surface area (Å²) < 4.78 is 4.81. The molecule has 152 valence electrons. The topological polar surface area (TPSA) is 101 Å². The largest absolute Gasteiger partial charge is 0.481 e. The van der Waals surface area contributed by atoms with Gasteiger partial charge < -0.3 is 14.9 Å². The molecule has 0 saturated carbocycles. The van der Waals surface area contributed by atoms with Gasteiger partial charge in [0.1, 0.15) is 0 Å². The van der Waals surface area contributed by atoms with Gasteiger partial charge in [-0.15, -0.1) is 0 Å². The van der Waals surface area contributed by atoms with Crippen LogP contribution in [0.3, 0.4) is 0 Å². The maximum Gasteiger partial charge on any atom is 0.331 e. The Morgan fingerprint density at radius 3 is 1.73 bits per heavy atom. The molecule has 0 unspecified atom stereocenters. The molecule has 26 heavy (non-hydrogen) atoms. The first kappa shape index (κ1) is 26.4. The average molecular weight is 373 g/mol. The maximum absolute atomic E-state index is 10.9. The molecule has 0 spiro atoms. The highest BCUT2D eigenvalue weighted by Gasteiger charge is 1.98. The van der Waals surface area contributed by atoms with E-state index in [-0.39, 0.29) is 0 Å². The fourth-order valence-electron chi connectivity index (χ4n) is 2.12. The summed E-state index contributed by atoms with van der Waals surface area (Å²) in [5, 5.41) is 16.5. The van der Waals surface area contributed by atoms with Gasteiger partial charge in [-0.25, -0.2) is 9.59 Å². The Hall–Kier alpha value is -1.85. The van der Waals surface area contributed by atoms with Crippen molar-refractivity contribution in [2.75, 3.05) is 6.61 Å². The van der Waals surface area contributed by atoms with Crippen molar-refractivity contribution in [1.82, 2.24) is 0 Å². The summed E-state index contributed by atoms with van der Waals surface area (Å²) in [5.41, 5.74) is 0. The summed E-state index contributed by atoms with van der Waals surface area (Å²) in [6, 6.07) is 0. The Morgan fingerprint density at radius 1 is 0.731 bits per heavy atom. The third kappa shape index (κ3) is 27.0.